The maximum absolute atomic E-state index is 5.58. The van der Waals surface area contributed by atoms with Crippen LogP contribution >= 0.6 is 0 Å². The van der Waals surface area contributed by atoms with Crippen molar-refractivity contribution >= 4 is 22.4 Å². The number of nitrogens with zero attached hydrogens (tertiary/aromatic N) is 6. The van der Waals surface area contributed by atoms with E-state index in [0.29, 0.717) is 5.92 Å². The van der Waals surface area contributed by atoms with Gasteiger partial charge in [0.1, 0.15) is 5.82 Å². The SMILES string of the molecule is CN(C)CCC1CCN(c2ccc(-c3ccc4ncc5nnc(C6CCOCC6)n5c4c3)cc2)CC1. The molecule has 0 bridgehead atoms. The molecular weight excluding hydrogens is 448 g/mol. The van der Waals surface area contributed by atoms with Crippen LogP contribution in [0.3, 0.4) is 0 Å². The van der Waals surface area contributed by atoms with Crippen molar-refractivity contribution in [1.29, 1.82) is 0 Å². The van der Waals surface area contributed by atoms with Crippen LogP contribution < -0.4 is 4.90 Å². The number of benzene rings is 2. The predicted molar refractivity (Wildman–Crippen MR) is 145 cm³/mol. The lowest BCUT2D eigenvalue weighted by atomic mass is 9.93. The van der Waals surface area contributed by atoms with E-state index in [1.807, 2.05) is 6.20 Å². The first-order valence-electron chi connectivity index (χ1n) is 13.4. The third-order valence-corrected chi connectivity index (χ3v) is 8.00. The van der Waals surface area contributed by atoms with E-state index >= 15 is 0 Å². The number of ether oxygens (including phenoxy) is 1. The van der Waals surface area contributed by atoms with Crippen molar-refractivity contribution in [3.63, 3.8) is 0 Å². The molecule has 0 atom stereocenters. The summed E-state index contributed by atoms with van der Waals surface area (Å²) in [6.07, 6.45) is 7.69. The topological polar surface area (TPSA) is 58.8 Å². The van der Waals surface area contributed by atoms with Gasteiger partial charge in [-0.15, -0.1) is 10.2 Å². The molecule has 7 heteroatoms. The van der Waals surface area contributed by atoms with Crippen molar-refractivity contribution in [3.8, 4) is 11.1 Å². The molecule has 2 aliphatic heterocycles. The van der Waals surface area contributed by atoms with Crippen molar-refractivity contribution in [1.82, 2.24) is 24.5 Å². The first-order valence-corrected chi connectivity index (χ1v) is 13.4. The first kappa shape index (κ1) is 23.4. The lowest BCUT2D eigenvalue weighted by molar-refractivity contribution is 0.0834. The molecule has 2 aromatic carbocycles. The van der Waals surface area contributed by atoms with Crippen LogP contribution in [-0.2, 0) is 4.74 Å². The molecule has 0 N–H and O–H groups in total. The van der Waals surface area contributed by atoms with E-state index in [1.165, 1.54) is 42.6 Å². The van der Waals surface area contributed by atoms with Crippen LogP contribution in [0.1, 0.15) is 43.8 Å². The molecule has 4 aromatic rings. The summed E-state index contributed by atoms with van der Waals surface area (Å²) in [6, 6.07) is 15.6. The molecule has 2 aliphatic rings. The Morgan fingerprint density at radius 2 is 1.67 bits per heavy atom. The maximum atomic E-state index is 5.58. The molecule has 0 aliphatic carbocycles. The first-order chi connectivity index (χ1) is 17.7. The van der Waals surface area contributed by atoms with Crippen molar-refractivity contribution in [2.45, 2.75) is 38.0 Å². The Labute approximate surface area is 213 Å². The molecule has 0 unspecified atom stereocenters. The summed E-state index contributed by atoms with van der Waals surface area (Å²) in [5.41, 5.74) is 6.59. The van der Waals surface area contributed by atoms with Gasteiger partial charge >= 0.3 is 0 Å². The van der Waals surface area contributed by atoms with Gasteiger partial charge in [-0.2, -0.15) is 0 Å². The zero-order chi connectivity index (χ0) is 24.5. The third-order valence-electron chi connectivity index (χ3n) is 8.00. The summed E-state index contributed by atoms with van der Waals surface area (Å²) in [4.78, 5) is 9.49. The monoisotopic (exact) mass is 484 g/mol. The van der Waals surface area contributed by atoms with E-state index in [0.717, 1.165) is 67.6 Å². The van der Waals surface area contributed by atoms with Gasteiger partial charge < -0.3 is 14.5 Å². The fourth-order valence-corrected chi connectivity index (χ4v) is 5.76. The minimum Gasteiger partial charge on any atom is -0.381 e. The summed E-state index contributed by atoms with van der Waals surface area (Å²) >= 11 is 0. The van der Waals surface area contributed by atoms with Crippen LogP contribution in [0.2, 0.25) is 0 Å². The van der Waals surface area contributed by atoms with Crippen molar-refractivity contribution in [3.05, 3.63) is 54.5 Å². The van der Waals surface area contributed by atoms with Crippen LogP contribution in [0.5, 0.6) is 0 Å². The molecule has 2 aromatic heterocycles. The normalized spacial score (nSPS) is 18.0. The van der Waals surface area contributed by atoms with E-state index in [9.17, 15) is 0 Å². The molecule has 188 valence electrons. The van der Waals surface area contributed by atoms with E-state index in [4.69, 9.17) is 4.74 Å². The molecule has 2 fully saturated rings. The number of aromatic nitrogens is 4. The zero-order valence-corrected chi connectivity index (χ0v) is 21.4. The van der Waals surface area contributed by atoms with E-state index < -0.39 is 0 Å². The molecule has 7 nitrogen and oxygen atoms in total. The Balaban J connectivity index is 1.23. The molecule has 36 heavy (non-hydrogen) atoms. The van der Waals surface area contributed by atoms with Gasteiger partial charge in [-0.3, -0.25) is 9.38 Å². The Morgan fingerprint density at radius 1 is 0.917 bits per heavy atom. The smallest absolute Gasteiger partial charge is 0.179 e. The average Bonchev–Trinajstić information content (AvgIpc) is 3.37. The molecule has 2 saturated heterocycles. The summed E-state index contributed by atoms with van der Waals surface area (Å²) in [5, 5.41) is 9.01. The second-order valence-corrected chi connectivity index (χ2v) is 10.7. The van der Waals surface area contributed by atoms with Gasteiger partial charge in [0.05, 0.1) is 17.2 Å². The van der Waals surface area contributed by atoms with E-state index in [2.05, 4.69) is 85.9 Å². The van der Waals surface area contributed by atoms with Crippen molar-refractivity contribution in [2.24, 2.45) is 5.92 Å². The molecular formula is C29H36N6O. The predicted octanol–water partition coefficient (Wildman–Crippen LogP) is 5.01. The summed E-state index contributed by atoms with van der Waals surface area (Å²) in [5.74, 6) is 2.26. The molecule has 0 saturated carbocycles. The minimum atomic E-state index is 0.370. The quantitative estimate of drug-likeness (QED) is 0.384. The van der Waals surface area contributed by atoms with Gasteiger partial charge in [-0.25, -0.2) is 0 Å². The maximum Gasteiger partial charge on any atom is 0.179 e. The van der Waals surface area contributed by atoms with Crippen LogP contribution in [0, 0.1) is 5.92 Å². The van der Waals surface area contributed by atoms with Crippen LogP contribution in [0.25, 0.3) is 27.8 Å². The highest BCUT2D eigenvalue weighted by Gasteiger charge is 2.23. The lowest BCUT2D eigenvalue weighted by Gasteiger charge is -2.34. The number of piperidine rings is 1. The molecule has 4 heterocycles. The Kier molecular flexibility index (Phi) is 6.59. The van der Waals surface area contributed by atoms with E-state index in [-0.39, 0.29) is 0 Å². The van der Waals surface area contributed by atoms with Gasteiger partial charge in [-0.1, -0.05) is 18.2 Å². The van der Waals surface area contributed by atoms with Crippen LogP contribution in [0.15, 0.2) is 48.7 Å². The zero-order valence-electron chi connectivity index (χ0n) is 21.4. The van der Waals surface area contributed by atoms with Crippen molar-refractivity contribution < 1.29 is 4.74 Å². The average molecular weight is 485 g/mol. The Hall–Kier alpha value is -3.03. The number of anilines is 1. The fraction of sp³-hybridized carbons (Fsp3) is 0.483. The van der Waals surface area contributed by atoms with Crippen LogP contribution in [-0.4, -0.2) is 71.4 Å². The van der Waals surface area contributed by atoms with Gasteiger partial charge in [0.15, 0.2) is 5.65 Å². The molecule has 6 rings (SSSR count). The second-order valence-electron chi connectivity index (χ2n) is 10.7. The molecule has 0 amide bonds. The standard InChI is InChI=1S/C29H36N6O/c1-33(2)14-9-21-10-15-34(16-11-21)25-6-3-22(4-7-25)24-5-8-26-27(19-24)35-28(20-30-26)31-32-29(35)23-12-17-36-18-13-23/h3-8,19-21,23H,9-18H2,1-2H3. The van der Waals surface area contributed by atoms with Gasteiger partial charge in [0, 0.05) is 37.9 Å². The van der Waals surface area contributed by atoms with Crippen molar-refractivity contribution in [2.75, 3.05) is 51.8 Å². The molecule has 0 spiro atoms. The van der Waals surface area contributed by atoms with Crippen LogP contribution in [0.4, 0.5) is 5.69 Å². The third kappa shape index (κ3) is 4.70. The van der Waals surface area contributed by atoms with Gasteiger partial charge in [-0.05, 0) is 94.1 Å². The highest BCUT2D eigenvalue weighted by atomic mass is 16.5. The summed E-state index contributed by atoms with van der Waals surface area (Å²) < 4.78 is 7.78. The number of rotatable bonds is 6. The highest BCUT2D eigenvalue weighted by molar-refractivity contribution is 5.84. The lowest BCUT2D eigenvalue weighted by Crippen LogP contribution is -2.34. The fourth-order valence-electron chi connectivity index (χ4n) is 5.76. The second kappa shape index (κ2) is 10.1. The van der Waals surface area contributed by atoms with E-state index in [1.54, 1.807) is 0 Å². The molecule has 0 radical (unpaired) electrons. The summed E-state index contributed by atoms with van der Waals surface area (Å²) in [7, 11) is 4.34. The Bertz CT molecular complexity index is 1320. The van der Waals surface area contributed by atoms with Gasteiger partial charge in [0.2, 0.25) is 0 Å². The minimum absolute atomic E-state index is 0.370. The number of hydrogen-bond acceptors (Lipinski definition) is 6. The highest BCUT2D eigenvalue weighted by Crippen LogP contribution is 2.31. The summed E-state index contributed by atoms with van der Waals surface area (Å²) in [6.45, 7) is 5.07. The Morgan fingerprint density at radius 3 is 2.42 bits per heavy atom. The number of fused-ring (bicyclic) bond motifs is 3. The number of hydrogen-bond donors (Lipinski definition) is 0. The largest absolute Gasteiger partial charge is 0.381 e. The van der Waals surface area contributed by atoms with Gasteiger partial charge in [0.25, 0.3) is 0 Å².